The van der Waals surface area contributed by atoms with Crippen molar-refractivity contribution in [1.29, 1.82) is 0 Å². The van der Waals surface area contributed by atoms with Gasteiger partial charge in [0.15, 0.2) is 0 Å². The number of hydrogen-bond donors (Lipinski definition) is 0. The smallest absolute Gasteiger partial charge is 0.320 e. The maximum atomic E-state index is 6.40. The fourth-order valence-electron chi connectivity index (χ4n) is 3.57. The van der Waals surface area contributed by atoms with Crippen LogP contribution in [0.2, 0.25) is 5.15 Å². The molecule has 1 aromatic carbocycles. The van der Waals surface area contributed by atoms with Gasteiger partial charge in [0.05, 0.1) is 13.2 Å². The minimum Gasteiger partial charge on any atom is -0.459 e. The van der Waals surface area contributed by atoms with Gasteiger partial charge in [0.2, 0.25) is 0 Å². The summed E-state index contributed by atoms with van der Waals surface area (Å²) in [6, 6.07) is 10.4. The topological polar surface area (TPSA) is 50.7 Å². The molecule has 0 spiro atoms. The van der Waals surface area contributed by atoms with Gasteiger partial charge in [-0.05, 0) is 18.4 Å². The zero-order chi connectivity index (χ0) is 18.5. The van der Waals surface area contributed by atoms with Gasteiger partial charge in [-0.2, -0.15) is 9.97 Å². The Morgan fingerprint density at radius 3 is 2.67 bits per heavy atom. The van der Waals surface area contributed by atoms with Gasteiger partial charge in [-0.25, -0.2) is 0 Å². The molecule has 144 valence electrons. The van der Waals surface area contributed by atoms with Crippen LogP contribution in [0.25, 0.3) is 0 Å². The van der Waals surface area contributed by atoms with E-state index in [0.717, 1.165) is 75.7 Å². The number of rotatable bonds is 7. The van der Waals surface area contributed by atoms with Crippen LogP contribution in [0.3, 0.4) is 0 Å². The molecule has 2 aliphatic heterocycles. The zero-order valence-electron chi connectivity index (χ0n) is 15.4. The van der Waals surface area contributed by atoms with Crippen LogP contribution in [-0.2, 0) is 17.8 Å². The molecule has 4 rings (SSSR count). The summed E-state index contributed by atoms with van der Waals surface area (Å²) in [5.74, 6) is 0.931. The molecule has 7 heteroatoms. The van der Waals surface area contributed by atoms with Crippen molar-refractivity contribution in [2.24, 2.45) is 0 Å². The molecule has 1 aromatic heterocycles. The van der Waals surface area contributed by atoms with Gasteiger partial charge >= 0.3 is 6.01 Å². The first kappa shape index (κ1) is 18.5. The maximum absolute atomic E-state index is 6.40. The third-order valence-electron chi connectivity index (χ3n) is 5.06. The molecule has 2 aliphatic rings. The second-order valence-electron chi connectivity index (χ2n) is 6.92. The van der Waals surface area contributed by atoms with Crippen molar-refractivity contribution in [1.82, 2.24) is 14.9 Å². The molecule has 6 nitrogen and oxygen atoms in total. The Labute approximate surface area is 165 Å². The summed E-state index contributed by atoms with van der Waals surface area (Å²) in [7, 11) is 0. The van der Waals surface area contributed by atoms with Crippen LogP contribution < -0.4 is 9.64 Å². The summed E-state index contributed by atoms with van der Waals surface area (Å²) in [5.41, 5.74) is 2.12. The van der Waals surface area contributed by atoms with Gasteiger partial charge in [0.25, 0.3) is 0 Å². The van der Waals surface area contributed by atoms with Crippen molar-refractivity contribution in [3.8, 4) is 6.01 Å². The molecule has 1 fully saturated rings. The van der Waals surface area contributed by atoms with Gasteiger partial charge in [-0.3, -0.25) is 4.90 Å². The van der Waals surface area contributed by atoms with Crippen molar-refractivity contribution in [2.45, 2.75) is 19.4 Å². The number of anilines is 1. The Morgan fingerprint density at radius 2 is 1.85 bits per heavy atom. The van der Waals surface area contributed by atoms with E-state index < -0.39 is 0 Å². The number of halogens is 1. The van der Waals surface area contributed by atoms with Crippen LogP contribution in [0.4, 0.5) is 5.82 Å². The van der Waals surface area contributed by atoms with E-state index in [9.17, 15) is 0 Å². The van der Waals surface area contributed by atoms with Gasteiger partial charge < -0.3 is 14.4 Å². The Morgan fingerprint density at radius 1 is 1.04 bits per heavy atom. The molecule has 3 heterocycles. The largest absolute Gasteiger partial charge is 0.459 e. The number of ether oxygens (including phenoxy) is 2. The van der Waals surface area contributed by atoms with Crippen molar-refractivity contribution in [3.63, 3.8) is 0 Å². The maximum Gasteiger partial charge on any atom is 0.320 e. The summed E-state index contributed by atoms with van der Waals surface area (Å²) in [4.78, 5) is 13.7. The van der Waals surface area contributed by atoms with E-state index in [1.165, 1.54) is 0 Å². The lowest BCUT2D eigenvalue weighted by molar-refractivity contribution is 0.0376. The zero-order valence-corrected chi connectivity index (χ0v) is 16.2. The fourth-order valence-corrected chi connectivity index (χ4v) is 3.82. The number of fused-ring (bicyclic) bond motifs is 1. The van der Waals surface area contributed by atoms with Gasteiger partial charge in [-0.15, -0.1) is 0 Å². The van der Waals surface area contributed by atoms with Crippen molar-refractivity contribution in [2.75, 3.05) is 50.8 Å². The lowest BCUT2D eigenvalue weighted by Gasteiger charge is -2.27. The van der Waals surface area contributed by atoms with E-state index in [1.807, 2.05) is 30.3 Å². The molecule has 0 amide bonds. The highest BCUT2D eigenvalue weighted by Crippen LogP contribution is 2.32. The Balaban J connectivity index is 1.36. The normalized spacial score (nSPS) is 17.1. The quantitative estimate of drug-likeness (QED) is 0.680. The highest BCUT2D eigenvalue weighted by atomic mass is 35.5. The Kier molecular flexibility index (Phi) is 6.07. The minimum atomic E-state index is 0.350. The summed E-state index contributed by atoms with van der Waals surface area (Å²) in [6.45, 7) is 7.18. The van der Waals surface area contributed by atoms with E-state index in [4.69, 9.17) is 21.1 Å². The van der Waals surface area contributed by atoms with Gasteiger partial charge in [0, 0.05) is 38.3 Å². The predicted octanol–water partition coefficient (Wildman–Crippen LogP) is 2.79. The monoisotopic (exact) mass is 388 g/mol. The van der Waals surface area contributed by atoms with E-state index in [2.05, 4.69) is 19.8 Å². The van der Waals surface area contributed by atoms with Crippen molar-refractivity contribution < 1.29 is 9.47 Å². The van der Waals surface area contributed by atoms with Crippen molar-refractivity contribution in [3.05, 3.63) is 46.6 Å². The molecule has 2 aromatic rings. The second kappa shape index (κ2) is 8.87. The number of aromatic nitrogens is 2. The summed E-state index contributed by atoms with van der Waals surface area (Å²) in [5, 5.41) is 0.513. The molecule has 0 atom stereocenters. The standard InChI is InChI=1S/C20H25ClN4O2/c21-18-17-7-10-25(9-4-8-24-11-13-26-14-12-24)19(17)23-20(22-18)27-15-16-5-2-1-3-6-16/h1-3,5-6H,4,7-15H2. The molecule has 0 N–H and O–H groups in total. The SMILES string of the molecule is Clc1nc(OCc2ccccc2)nc2c1CCN2CCCN1CCOCC1. The van der Waals surface area contributed by atoms with E-state index in [0.29, 0.717) is 17.8 Å². The van der Waals surface area contributed by atoms with Crippen LogP contribution in [0.1, 0.15) is 17.5 Å². The fraction of sp³-hybridized carbons (Fsp3) is 0.500. The van der Waals surface area contributed by atoms with Crippen LogP contribution in [0.15, 0.2) is 30.3 Å². The Hall–Kier alpha value is -1.89. The molecule has 0 bridgehead atoms. The highest BCUT2D eigenvalue weighted by Gasteiger charge is 2.25. The molecule has 1 saturated heterocycles. The molecular formula is C20H25ClN4O2. The number of benzene rings is 1. The lowest BCUT2D eigenvalue weighted by atomic mass is 10.2. The number of hydrogen-bond acceptors (Lipinski definition) is 6. The van der Waals surface area contributed by atoms with Gasteiger partial charge in [-0.1, -0.05) is 41.9 Å². The first-order valence-corrected chi connectivity index (χ1v) is 9.95. The molecular weight excluding hydrogens is 364 g/mol. The average Bonchev–Trinajstić information content (AvgIpc) is 3.12. The van der Waals surface area contributed by atoms with Crippen LogP contribution in [0, 0.1) is 0 Å². The second-order valence-corrected chi connectivity index (χ2v) is 7.28. The van der Waals surface area contributed by atoms with Crippen molar-refractivity contribution >= 4 is 17.4 Å². The average molecular weight is 389 g/mol. The summed E-state index contributed by atoms with van der Waals surface area (Å²) in [6.07, 6.45) is 1.99. The summed E-state index contributed by atoms with van der Waals surface area (Å²) >= 11 is 6.40. The first-order valence-electron chi connectivity index (χ1n) is 9.58. The first-order chi connectivity index (χ1) is 13.3. The van der Waals surface area contributed by atoms with E-state index in [1.54, 1.807) is 0 Å². The van der Waals surface area contributed by atoms with Gasteiger partial charge in [0.1, 0.15) is 17.6 Å². The molecule has 0 saturated carbocycles. The number of morpholine rings is 1. The van der Waals surface area contributed by atoms with Crippen LogP contribution in [-0.4, -0.2) is 60.8 Å². The molecule has 0 unspecified atom stereocenters. The van der Waals surface area contributed by atoms with Crippen LogP contribution >= 0.6 is 11.6 Å². The van der Waals surface area contributed by atoms with E-state index >= 15 is 0 Å². The molecule has 0 aliphatic carbocycles. The third-order valence-corrected chi connectivity index (χ3v) is 5.38. The molecule has 27 heavy (non-hydrogen) atoms. The van der Waals surface area contributed by atoms with Crippen LogP contribution in [0.5, 0.6) is 6.01 Å². The minimum absolute atomic E-state index is 0.350. The Bertz CT molecular complexity index is 753. The number of nitrogens with zero attached hydrogens (tertiary/aromatic N) is 4. The highest BCUT2D eigenvalue weighted by molar-refractivity contribution is 6.30. The third kappa shape index (κ3) is 4.69. The summed E-state index contributed by atoms with van der Waals surface area (Å²) < 4.78 is 11.2. The lowest BCUT2D eigenvalue weighted by Crippen LogP contribution is -2.38. The molecule has 0 radical (unpaired) electrons. The predicted molar refractivity (Wildman–Crippen MR) is 106 cm³/mol. The van der Waals surface area contributed by atoms with E-state index in [-0.39, 0.29) is 0 Å².